The number of nitrogens with zero attached hydrogens (tertiary/aromatic N) is 2. The Labute approximate surface area is 121 Å². The van der Waals surface area contributed by atoms with Crippen molar-refractivity contribution in [3.8, 4) is 0 Å². The summed E-state index contributed by atoms with van der Waals surface area (Å²) in [6.45, 7) is 5.17. The molecule has 0 heterocycles. The number of oxime groups is 1. The molecular formula is C13H19BrFN3O. The van der Waals surface area contributed by atoms with Gasteiger partial charge in [0.05, 0.1) is 0 Å². The number of hydrogen-bond donors (Lipinski definition) is 2. The van der Waals surface area contributed by atoms with Crippen LogP contribution in [0.4, 0.5) is 4.39 Å². The molecule has 1 rings (SSSR count). The second-order valence-electron chi connectivity index (χ2n) is 4.64. The Hall–Kier alpha value is -1.14. The summed E-state index contributed by atoms with van der Waals surface area (Å²) < 4.78 is 14.5. The molecule has 0 bridgehead atoms. The van der Waals surface area contributed by atoms with Gasteiger partial charge in [0, 0.05) is 35.6 Å². The van der Waals surface area contributed by atoms with Crippen LogP contribution in [0.15, 0.2) is 27.8 Å². The minimum absolute atomic E-state index is 0.182. The van der Waals surface area contributed by atoms with Crippen molar-refractivity contribution in [2.75, 3.05) is 6.54 Å². The molecule has 0 aromatic heterocycles. The summed E-state index contributed by atoms with van der Waals surface area (Å²) in [5.41, 5.74) is 6.09. The summed E-state index contributed by atoms with van der Waals surface area (Å²) in [6.07, 6.45) is 0.451. The van der Waals surface area contributed by atoms with Gasteiger partial charge in [-0.3, -0.25) is 4.90 Å². The van der Waals surface area contributed by atoms with Crippen LogP contribution in [0.2, 0.25) is 0 Å². The minimum Gasteiger partial charge on any atom is -0.409 e. The van der Waals surface area contributed by atoms with Crippen molar-refractivity contribution < 1.29 is 9.60 Å². The predicted octanol–water partition coefficient (Wildman–Crippen LogP) is 2.94. The number of nitrogens with two attached hydrogens (primary N) is 1. The monoisotopic (exact) mass is 331 g/mol. The third-order valence-corrected chi connectivity index (χ3v) is 3.40. The molecule has 0 aliphatic heterocycles. The Morgan fingerprint density at radius 2 is 2.21 bits per heavy atom. The molecule has 0 saturated heterocycles. The molecule has 0 amide bonds. The molecule has 0 aliphatic carbocycles. The fourth-order valence-corrected chi connectivity index (χ4v) is 2.03. The quantitative estimate of drug-likeness (QED) is 0.364. The van der Waals surface area contributed by atoms with E-state index in [1.54, 1.807) is 6.07 Å². The molecule has 0 unspecified atom stereocenters. The Kier molecular flexibility index (Phi) is 6.24. The average Bonchev–Trinajstić information content (AvgIpc) is 2.35. The van der Waals surface area contributed by atoms with Crippen molar-refractivity contribution >= 4 is 21.8 Å². The van der Waals surface area contributed by atoms with E-state index < -0.39 is 0 Å². The van der Waals surface area contributed by atoms with E-state index in [4.69, 9.17) is 10.9 Å². The van der Waals surface area contributed by atoms with Crippen molar-refractivity contribution in [3.05, 3.63) is 34.1 Å². The van der Waals surface area contributed by atoms with E-state index in [1.165, 1.54) is 6.07 Å². The Morgan fingerprint density at radius 1 is 1.53 bits per heavy atom. The number of hydrogen-bond acceptors (Lipinski definition) is 3. The first-order valence-electron chi connectivity index (χ1n) is 6.08. The molecule has 0 atom stereocenters. The molecule has 0 aliphatic rings. The van der Waals surface area contributed by atoms with Crippen molar-refractivity contribution in [2.45, 2.75) is 32.9 Å². The standard InChI is InChI=1S/C13H19BrFN3O/c1-9(2)18(6-5-13(16)17-19)8-10-3-4-11(14)7-12(10)15/h3-4,7,9,19H,5-6,8H2,1-2H3,(H2,16,17). The summed E-state index contributed by atoms with van der Waals surface area (Å²) in [6, 6.07) is 5.28. The first-order chi connectivity index (χ1) is 8.93. The van der Waals surface area contributed by atoms with E-state index in [9.17, 15) is 4.39 Å². The predicted molar refractivity (Wildman–Crippen MR) is 77.7 cm³/mol. The number of halogens is 2. The van der Waals surface area contributed by atoms with E-state index in [-0.39, 0.29) is 17.7 Å². The van der Waals surface area contributed by atoms with Gasteiger partial charge in [-0.1, -0.05) is 27.2 Å². The lowest BCUT2D eigenvalue weighted by Crippen LogP contribution is -2.33. The van der Waals surface area contributed by atoms with Crippen LogP contribution >= 0.6 is 15.9 Å². The summed E-state index contributed by atoms with van der Waals surface area (Å²) >= 11 is 3.24. The van der Waals surface area contributed by atoms with E-state index in [2.05, 4.69) is 26.0 Å². The van der Waals surface area contributed by atoms with Gasteiger partial charge in [0.1, 0.15) is 11.7 Å². The Bertz CT molecular complexity index is 452. The van der Waals surface area contributed by atoms with Gasteiger partial charge >= 0.3 is 0 Å². The average molecular weight is 332 g/mol. The van der Waals surface area contributed by atoms with Gasteiger partial charge in [0.25, 0.3) is 0 Å². The van der Waals surface area contributed by atoms with Gasteiger partial charge in [-0.25, -0.2) is 4.39 Å². The van der Waals surface area contributed by atoms with Gasteiger partial charge in [-0.05, 0) is 26.0 Å². The lowest BCUT2D eigenvalue weighted by Gasteiger charge is -2.26. The molecule has 3 N–H and O–H groups in total. The molecule has 1 aromatic carbocycles. The summed E-state index contributed by atoms with van der Waals surface area (Å²) in [5, 5.41) is 11.5. The molecule has 6 heteroatoms. The third-order valence-electron chi connectivity index (χ3n) is 2.90. The second kappa shape index (κ2) is 7.45. The van der Waals surface area contributed by atoms with E-state index in [0.717, 1.165) is 4.47 Å². The fourth-order valence-electron chi connectivity index (χ4n) is 1.70. The maximum absolute atomic E-state index is 13.8. The molecule has 19 heavy (non-hydrogen) atoms. The Balaban J connectivity index is 2.72. The summed E-state index contributed by atoms with van der Waals surface area (Å²) in [4.78, 5) is 2.07. The van der Waals surface area contributed by atoms with E-state index in [0.29, 0.717) is 25.1 Å². The lowest BCUT2D eigenvalue weighted by atomic mass is 10.1. The molecule has 0 fully saturated rings. The maximum atomic E-state index is 13.8. The SMILES string of the molecule is CC(C)N(CCC(N)=NO)Cc1ccc(Br)cc1F. The molecule has 106 valence electrons. The molecule has 4 nitrogen and oxygen atoms in total. The lowest BCUT2D eigenvalue weighted by molar-refractivity contribution is 0.215. The largest absolute Gasteiger partial charge is 0.409 e. The highest BCUT2D eigenvalue weighted by Gasteiger charge is 2.13. The second-order valence-corrected chi connectivity index (χ2v) is 5.56. The van der Waals surface area contributed by atoms with Crippen molar-refractivity contribution in [1.29, 1.82) is 0 Å². The smallest absolute Gasteiger partial charge is 0.140 e. The highest BCUT2D eigenvalue weighted by molar-refractivity contribution is 9.10. The van der Waals surface area contributed by atoms with Crippen LogP contribution in [0, 0.1) is 5.82 Å². The van der Waals surface area contributed by atoms with Crippen LogP contribution < -0.4 is 5.73 Å². The van der Waals surface area contributed by atoms with Crippen molar-refractivity contribution in [3.63, 3.8) is 0 Å². The summed E-state index contributed by atoms with van der Waals surface area (Å²) in [5.74, 6) is -0.0502. The highest BCUT2D eigenvalue weighted by atomic mass is 79.9. The molecule has 0 spiro atoms. The fraction of sp³-hybridized carbons (Fsp3) is 0.462. The molecule has 0 radical (unpaired) electrons. The van der Waals surface area contributed by atoms with E-state index >= 15 is 0 Å². The molecule has 1 aromatic rings. The number of rotatable bonds is 6. The molecular weight excluding hydrogens is 313 g/mol. The van der Waals surface area contributed by atoms with Crippen LogP contribution in [0.5, 0.6) is 0 Å². The van der Waals surface area contributed by atoms with E-state index in [1.807, 2.05) is 19.9 Å². The van der Waals surface area contributed by atoms with Crippen LogP contribution in [-0.2, 0) is 6.54 Å². The van der Waals surface area contributed by atoms with Gasteiger partial charge in [0.15, 0.2) is 0 Å². The van der Waals surface area contributed by atoms with Crippen LogP contribution in [0.3, 0.4) is 0 Å². The van der Waals surface area contributed by atoms with Crippen LogP contribution in [0.25, 0.3) is 0 Å². The zero-order chi connectivity index (χ0) is 14.4. The summed E-state index contributed by atoms with van der Waals surface area (Å²) in [7, 11) is 0. The maximum Gasteiger partial charge on any atom is 0.140 e. The molecule has 0 saturated carbocycles. The van der Waals surface area contributed by atoms with Gasteiger partial charge in [0.2, 0.25) is 0 Å². The van der Waals surface area contributed by atoms with Crippen LogP contribution in [0.1, 0.15) is 25.8 Å². The zero-order valence-electron chi connectivity index (χ0n) is 11.1. The number of amidine groups is 1. The van der Waals surface area contributed by atoms with Gasteiger partial charge < -0.3 is 10.9 Å². The number of benzene rings is 1. The van der Waals surface area contributed by atoms with Crippen LogP contribution in [-0.4, -0.2) is 28.5 Å². The normalized spacial score (nSPS) is 12.4. The zero-order valence-corrected chi connectivity index (χ0v) is 12.7. The first kappa shape index (κ1) is 15.9. The van der Waals surface area contributed by atoms with Gasteiger partial charge in [-0.2, -0.15) is 0 Å². The topological polar surface area (TPSA) is 61.8 Å². The van der Waals surface area contributed by atoms with Crippen molar-refractivity contribution in [2.24, 2.45) is 10.9 Å². The van der Waals surface area contributed by atoms with Crippen molar-refractivity contribution in [1.82, 2.24) is 4.90 Å². The van der Waals surface area contributed by atoms with Gasteiger partial charge in [-0.15, -0.1) is 0 Å². The highest BCUT2D eigenvalue weighted by Crippen LogP contribution is 2.18. The third kappa shape index (κ3) is 5.16. The minimum atomic E-state index is -0.233. The Morgan fingerprint density at radius 3 is 2.74 bits per heavy atom. The first-order valence-corrected chi connectivity index (χ1v) is 6.87.